The Morgan fingerprint density at radius 2 is 0.667 bits per heavy atom. The molecular weight excluding hydrogens is 218 g/mol. The van der Waals surface area contributed by atoms with Crippen LogP contribution in [0.2, 0.25) is 0 Å². The molecule has 0 aliphatic heterocycles. The van der Waals surface area contributed by atoms with Crippen LogP contribution in [0.4, 0.5) is 0 Å². The van der Waals surface area contributed by atoms with Crippen molar-refractivity contribution in [2.45, 2.75) is 41.5 Å². The number of rotatable bonds is 8. The topological polar surface area (TPSA) is 0 Å². The maximum atomic E-state index is 2.44. The highest BCUT2D eigenvalue weighted by Gasteiger charge is 2.45. The minimum absolute atomic E-state index is 0.561. The molecule has 0 aromatic rings. The summed E-state index contributed by atoms with van der Waals surface area (Å²) in [5, 5.41) is 0. The van der Waals surface area contributed by atoms with E-state index in [0.29, 0.717) is 0 Å². The van der Waals surface area contributed by atoms with E-state index in [1.165, 1.54) is 37.0 Å². The van der Waals surface area contributed by atoms with Gasteiger partial charge in [0.25, 0.3) is 0 Å². The van der Waals surface area contributed by atoms with Crippen molar-refractivity contribution in [2.24, 2.45) is 0 Å². The van der Waals surface area contributed by atoms with E-state index in [-0.39, 0.29) is 0 Å². The first-order valence-electron chi connectivity index (χ1n) is 6.77. The smallest absolute Gasteiger partial charge is 0.0310 e. The van der Waals surface area contributed by atoms with Gasteiger partial charge in [-0.3, -0.25) is 0 Å². The maximum Gasteiger partial charge on any atom is 0.159 e. The summed E-state index contributed by atoms with van der Waals surface area (Å²) in [6, 6.07) is 0. The maximum absolute atomic E-state index is 2.44. The highest BCUT2D eigenvalue weighted by molar-refractivity contribution is 7.91. The standard InChI is InChI=1S/C13H32P2/c1-7-14(8-2,9-3)13-15(10-4,11-5)12-6/h7-13H2,1-6H3/q+2. The summed E-state index contributed by atoms with van der Waals surface area (Å²) in [5.74, 6) is 1.66. The third-order valence-electron chi connectivity index (χ3n) is 4.62. The highest BCUT2D eigenvalue weighted by atomic mass is 31.2. The van der Waals surface area contributed by atoms with E-state index >= 15 is 0 Å². The first-order chi connectivity index (χ1) is 7.07. The van der Waals surface area contributed by atoms with Crippen LogP contribution in [0.1, 0.15) is 41.5 Å². The third-order valence-corrected chi connectivity index (χ3v) is 17.5. The third kappa shape index (κ3) is 3.98. The fourth-order valence-corrected chi connectivity index (χ4v) is 15.2. The van der Waals surface area contributed by atoms with Gasteiger partial charge in [0.1, 0.15) is 0 Å². The van der Waals surface area contributed by atoms with Crippen LogP contribution >= 0.6 is 14.5 Å². The molecule has 0 nitrogen and oxygen atoms in total. The van der Waals surface area contributed by atoms with Gasteiger partial charge in [-0.15, -0.1) is 0 Å². The Bertz CT molecular complexity index is 123. The molecule has 0 saturated carbocycles. The van der Waals surface area contributed by atoms with E-state index < -0.39 is 14.5 Å². The van der Waals surface area contributed by atoms with E-state index in [4.69, 9.17) is 0 Å². The zero-order valence-corrected chi connectivity index (χ0v) is 13.6. The van der Waals surface area contributed by atoms with Crippen molar-refractivity contribution in [1.82, 2.24) is 0 Å². The lowest BCUT2D eigenvalue weighted by molar-refractivity contribution is 1.26. The molecule has 0 fully saturated rings. The molecule has 0 radical (unpaired) electrons. The van der Waals surface area contributed by atoms with Gasteiger partial charge in [0.15, 0.2) is 5.90 Å². The number of hydrogen-bond donors (Lipinski definition) is 0. The average molecular weight is 250 g/mol. The largest absolute Gasteiger partial charge is 0.159 e. The molecule has 0 aromatic heterocycles. The zero-order chi connectivity index (χ0) is 11.9. The Morgan fingerprint density at radius 1 is 0.467 bits per heavy atom. The molecule has 92 valence electrons. The molecule has 0 atom stereocenters. The Morgan fingerprint density at radius 3 is 0.800 bits per heavy atom. The summed E-state index contributed by atoms with van der Waals surface area (Å²) in [6.07, 6.45) is 8.93. The Balaban J connectivity index is 4.74. The fourth-order valence-electron chi connectivity index (χ4n) is 2.58. The lowest BCUT2D eigenvalue weighted by atomic mass is 10.9. The van der Waals surface area contributed by atoms with Gasteiger partial charge in [-0.25, -0.2) is 0 Å². The molecule has 0 rings (SSSR count). The highest BCUT2D eigenvalue weighted by Crippen LogP contribution is 2.73. The van der Waals surface area contributed by atoms with E-state index in [1.807, 2.05) is 0 Å². The van der Waals surface area contributed by atoms with Gasteiger partial charge in [0.2, 0.25) is 0 Å². The molecule has 0 aromatic carbocycles. The van der Waals surface area contributed by atoms with Gasteiger partial charge in [0, 0.05) is 0 Å². The first-order valence-corrected chi connectivity index (χ1v) is 11.8. The van der Waals surface area contributed by atoms with E-state index in [0.717, 1.165) is 0 Å². The van der Waals surface area contributed by atoms with Crippen molar-refractivity contribution < 1.29 is 0 Å². The van der Waals surface area contributed by atoms with Crippen LogP contribution in [0.25, 0.3) is 0 Å². The van der Waals surface area contributed by atoms with Crippen LogP contribution in [-0.2, 0) is 0 Å². The number of hydrogen-bond acceptors (Lipinski definition) is 0. The molecule has 0 bridgehead atoms. The van der Waals surface area contributed by atoms with E-state index in [1.54, 1.807) is 5.90 Å². The van der Waals surface area contributed by atoms with Gasteiger partial charge in [0.05, 0.1) is 51.5 Å². The molecule has 0 unspecified atom stereocenters. The summed E-state index contributed by atoms with van der Waals surface area (Å²) >= 11 is 0. The molecule has 0 aliphatic rings. The lowest BCUT2D eigenvalue weighted by Crippen LogP contribution is -2.15. The Labute approximate surface area is 99.3 Å². The van der Waals surface area contributed by atoms with Gasteiger partial charge >= 0.3 is 0 Å². The van der Waals surface area contributed by atoms with E-state index in [9.17, 15) is 0 Å². The Kier molecular flexibility index (Phi) is 7.65. The molecule has 0 aliphatic carbocycles. The second kappa shape index (κ2) is 7.24. The van der Waals surface area contributed by atoms with Gasteiger partial charge in [-0.05, 0) is 41.5 Å². The minimum atomic E-state index is -0.561. The average Bonchev–Trinajstić information content (AvgIpc) is 2.33. The van der Waals surface area contributed by atoms with Crippen molar-refractivity contribution in [3.05, 3.63) is 0 Å². The van der Waals surface area contributed by atoms with Crippen LogP contribution < -0.4 is 0 Å². The normalized spacial score (nSPS) is 13.2. The zero-order valence-electron chi connectivity index (χ0n) is 11.8. The SMILES string of the molecule is CC[P+](CC)(CC)C[P+](CC)(CC)CC. The molecule has 15 heavy (non-hydrogen) atoms. The van der Waals surface area contributed by atoms with E-state index in [2.05, 4.69) is 41.5 Å². The van der Waals surface area contributed by atoms with Crippen LogP contribution in [0, 0.1) is 0 Å². The molecule has 0 amide bonds. The van der Waals surface area contributed by atoms with Gasteiger partial charge in [-0.1, -0.05) is 0 Å². The van der Waals surface area contributed by atoms with Gasteiger partial charge < -0.3 is 0 Å². The molecule has 0 saturated heterocycles. The summed E-state index contributed by atoms with van der Waals surface area (Å²) in [4.78, 5) is 0. The molecule has 0 heterocycles. The van der Waals surface area contributed by atoms with Crippen molar-refractivity contribution in [1.29, 1.82) is 0 Å². The summed E-state index contributed by atoms with van der Waals surface area (Å²) < 4.78 is 0. The lowest BCUT2D eigenvalue weighted by Gasteiger charge is -2.31. The van der Waals surface area contributed by atoms with Crippen LogP contribution in [0.15, 0.2) is 0 Å². The van der Waals surface area contributed by atoms with Crippen LogP contribution in [0.5, 0.6) is 0 Å². The Hall–Kier alpha value is 0.860. The summed E-state index contributed by atoms with van der Waals surface area (Å²) in [7, 11) is -1.12. The van der Waals surface area contributed by atoms with Gasteiger partial charge in [-0.2, -0.15) is 0 Å². The summed E-state index contributed by atoms with van der Waals surface area (Å²) in [6.45, 7) is 14.6. The second-order valence-electron chi connectivity index (χ2n) is 4.72. The first kappa shape index (κ1) is 15.9. The van der Waals surface area contributed by atoms with Crippen molar-refractivity contribution in [3.63, 3.8) is 0 Å². The monoisotopic (exact) mass is 250 g/mol. The van der Waals surface area contributed by atoms with Crippen LogP contribution in [-0.4, -0.2) is 42.9 Å². The van der Waals surface area contributed by atoms with Crippen LogP contribution in [0.3, 0.4) is 0 Å². The van der Waals surface area contributed by atoms with Crippen molar-refractivity contribution >= 4 is 14.5 Å². The van der Waals surface area contributed by atoms with Crippen molar-refractivity contribution in [3.8, 4) is 0 Å². The fraction of sp³-hybridized carbons (Fsp3) is 1.00. The molecule has 0 spiro atoms. The predicted molar refractivity (Wildman–Crippen MR) is 82.0 cm³/mol. The quantitative estimate of drug-likeness (QED) is 0.526. The minimum Gasteiger partial charge on any atom is -0.0310 e. The predicted octanol–water partition coefficient (Wildman–Crippen LogP) is 5.10. The molecule has 0 N–H and O–H groups in total. The molecular formula is C13H32P2+2. The van der Waals surface area contributed by atoms with Crippen molar-refractivity contribution in [2.75, 3.05) is 42.9 Å². The summed E-state index contributed by atoms with van der Waals surface area (Å²) in [5.41, 5.74) is 0. The second-order valence-corrected chi connectivity index (χ2v) is 15.0. The molecule has 2 heteroatoms.